The fourth-order valence-electron chi connectivity index (χ4n) is 4.23. The lowest BCUT2D eigenvalue weighted by Crippen LogP contribution is -2.40. The third-order valence-electron chi connectivity index (χ3n) is 5.25. The minimum absolute atomic E-state index is 0.0123. The van der Waals surface area contributed by atoms with E-state index in [0.29, 0.717) is 12.0 Å². The maximum Gasteiger partial charge on any atom is 0.410 e. The Labute approximate surface area is 143 Å². The van der Waals surface area contributed by atoms with Gasteiger partial charge < -0.3 is 9.72 Å². The molecule has 2 aliphatic rings. The Balaban J connectivity index is 1.73. The molecular weight excluding hydrogens is 358 g/mol. The number of nitrogens with one attached hydrogen (secondary N) is 1. The van der Waals surface area contributed by atoms with Gasteiger partial charge >= 0.3 is 6.09 Å². The summed E-state index contributed by atoms with van der Waals surface area (Å²) < 4.78 is 6.07. The second-order valence-electron chi connectivity index (χ2n) is 6.52. The molecule has 6 heteroatoms. The first-order chi connectivity index (χ1) is 11.2. The lowest BCUT2D eigenvalue weighted by Gasteiger charge is -2.32. The molecule has 5 nitrogen and oxygen atoms in total. The van der Waals surface area contributed by atoms with Crippen LogP contribution in [0.5, 0.6) is 0 Å². The quantitative estimate of drug-likeness (QED) is 0.800. The van der Waals surface area contributed by atoms with Crippen LogP contribution in [0.3, 0.4) is 0 Å². The number of rotatable bonds is 1. The van der Waals surface area contributed by atoms with Gasteiger partial charge in [0.15, 0.2) is 0 Å². The van der Waals surface area contributed by atoms with Crippen molar-refractivity contribution in [2.45, 2.75) is 44.2 Å². The number of hydrogen-bond acceptors (Lipinski definition) is 3. The summed E-state index contributed by atoms with van der Waals surface area (Å²) in [7, 11) is 1.46. The van der Waals surface area contributed by atoms with Crippen LogP contribution < -0.4 is 0 Å². The molecule has 1 aliphatic heterocycles. The highest BCUT2D eigenvalue weighted by molar-refractivity contribution is 9.10. The van der Waals surface area contributed by atoms with Crippen molar-refractivity contribution in [3.05, 3.63) is 28.5 Å². The summed E-state index contributed by atoms with van der Waals surface area (Å²) in [6.07, 6.45) is 5.46. The van der Waals surface area contributed by atoms with Gasteiger partial charge in [-0.15, -0.1) is 0 Å². The first-order valence-corrected chi connectivity index (χ1v) is 8.98. The zero-order chi connectivity index (χ0) is 16.0. The summed E-state index contributed by atoms with van der Waals surface area (Å²) in [6, 6.07) is 6.29. The predicted octanol–water partition coefficient (Wildman–Crippen LogP) is 4.40. The van der Waals surface area contributed by atoms with Crippen LogP contribution in [0, 0.1) is 5.92 Å². The Morgan fingerprint density at radius 2 is 2.22 bits per heavy atom. The van der Waals surface area contributed by atoms with Crippen LogP contribution in [0.1, 0.15) is 44.0 Å². The standard InChI is InChI=1S/C17H20BrN3O2/c1-23-17(22)21-14-5-3-2-4-10(14)8-15(21)16-19-12-7-6-11(18)9-13(12)20-16/h6-7,9-10,14-15H,2-5,8H2,1H3,(H,19,20)/t10-,14-,15-/m0/s1. The number of H-pyrrole nitrogens is 1. The molecule has 1 amide bonds. The molecule has 0 unspecified atom stereocenters. The average molecular weight is 378 g/mol. The number of amides is 1. The zero-order valence-electron chi connectivity index (χ0n) is 13.1. The monoisotopic (exact) mass is 377 g/mol. The molecule has 2 fully saturated rings. The van der Waals surface area contributed by atoms with Crippen LogP contribution in [0.4, 0.5) is 4.79 Å². The van der Waals surface area contributed by atoms with Crippen LogP contribution >= 0.6 is 15.9 Å². The largest absolute Gasteiger partial charge is 0.453 e. The number of nitrogens with zero attached hydrogens (tertiary/aromatic N) is 2. The first-order valence-electron chi connectivity index (χ1n) is 8.19. The minimum atomic E-state index is -0.231. The van der Waals surface area contributed by atoms with Crippen molar-refractivity contribution in [1.82, 2.24) is 14.9 Å². The van der Waals surface area contributed by atoms with E-state index in [1.807, 2.05) is 23.1 Å². The summed E-state index contributed by atoms with van der Waals surface area (Å²) >= 11 is 3.48. The Bertz CT molecular complexity index is 745. The molecule has 122 valence electrons. The maximum absolute atomic E-state index is 12.4. The van der Waals surface area contributed by atoms with E-state index < -0.39 is 0 Å². The van der Waals surface area contributed by atoms with Crippen molar-refractivity contribution in [2.75, 3.05) is 7.11 Å². The number of fused-ring (bicyclic) bond motifs is 2. The number of benzene rings is 1. The van der Waals surface area contributed by atoms with E-state index in [1.54, 1.807) is 0 Å². The summed E-state index contributed by atoms with van der Waals surface area (Å²) in [5, 5.41) is 0. The van der Waals surface area contributed by atoms with Gasteiger partial charge in [-0.25, -0.2) is 9.78 Å². The number of hydrogen-bond donors (Lipinski definition) is 1. The maximum atomic E-state index is 12.4. The summed E-state index contributed by atoms with van der Waals surface area (Å²) in [5.41, 5.74) is 1.93. The molecule has 1 N–H and O–H groups in total. The molecule has 2 aromatic rings. The highest BCUT2D eigenvalue weighted by atomic mass is 79.9. The zero-order valence-corrected chi connectivity index (χ0v) is 14.7. The van der Waals surface area contributed by atoms with Gasteiger partial charge in [-0.05, 0) is 43.4 Å². The van der Waals surface area contributed by atoms with Crippen molar-refractivity contribution in [3.8, 4) is 0 Å². The summed E-state index contributed by atoms with van der Waals surface area (Å²) in [6.45, 7) is 0. The lowest BCUT2D eigenvalue weighted by atomic mass is 9.85. The number of likely N-dealkylation sites (tertiary alicyclic amines) is 1. The molecule has 1 aromatic heterocycles. The van der Waals surface area contributed by atoms with Crippen LogP contribution in [0.2, 0.25) is 0 Å². The molecule has 3 atom stereocenters. The van der Waals surface area contributed by atoms with Gasteiger partial charge in [-0.1, -0.05) is 28.8 Å². The topological polar surface area (TPSA) is 58.2 Å². The number of halogens is 1. The van der Waals surface area contributed by atoms with Gasteiger partial charge in [-0.3, -0.25) is 4.90 Å². The van der Waals surface area contributed by atoms with E-state index in [2.05, 4.69) is 20.9 Å². The predicted molar refractivity (Wildman–Crippen MR) is 91.1 cm³/mol. The molecule has 1 aliphatic carbocycles. The highest BCUT2D eigenvalue weighted by Crippen LogP contribution is 2.46. The Morgan fingerprint density at radius 3 is 3.04 bits per heavy atom. The SMILES string of the molecule is COC(=O)N1[C@H](c2nc3cc(Br)ccc3[nH]2)C[C@@H]2CCCC[C@@H]21. The Kier molecular flexibility index (Phi) is 3.79. The average Bonchev–Trinajstić information content (AvgIpc) is 3.14. The third kappa shape index (κ3) is 2.53. The van der Waals surface area contributed by atoms with Gasteiger partial charge in [0.25, 0.3) is 0 Å². The summed E-state index contributed by atoms with van der Waals surface area (Å²) in [4.78, 5) is 22.5. The van der Waals surface area contributed by atoms with Gasteiger partial charge in [-0.2, -0.15) is 0 Å². The lowest BCUT2D eigenvalue weighted by molar-refractivity contribution is 0.0897. The molecule has 1 aromatic carbocycles. The third-order valence-corrected chi connectivity index (χ3v) is 5.75. The van der Waals surface area contributed by atoms with E-state index in [-0.39, 0.29) is 12.1 Å². The van der Waals surface area contributed by atoms with E-state index in [4.69, 9.17) is 9.72 Å². The smallest absolute Gasteiger partial charge is 0.410 e. The van der Waals surface area contributed by atoms with Crippen LogP contribution in [-0.4, -0.2) is 34.1 Å². The molecule has 23 heavy (non-hydrogen) atoms. The number of imidazole rings is 1. The van der Waals surface area contributed by atoms with E-state index in [1.165, 1.54) is 26.4 Å². The number of methoxy groups -OCH3 is 1. The molecule has 0 spiro atoms. The molecule has 1 saturated heterocycles. The second-order valence-corrected chi connectivity index (χ2v) is 7.44. The molecule has 4 rings (SSSR count). The van der Waals surface area contributed by atoms with Crippen molar-refractivity contribution in [1.29, 1.82) is 0 Å². The first kappa shape index (κ1) is 15.0. The van der Waals surface area contributed by atoms with Crippen LogP contribution in [0.15, 0.2) is 22.7 Å². The van der Waals surface area contributed by atoms with Gasteiger partial charge in [0.2, 0.25) is 0 Å². The van der Waals surface area contributed by atoms with E-state index in [9.17, 15) is 4.79 Å². The fourth-order valence-corrected chi connectivity index (χ4v) is 4.58. The molecular formula is C17H20BrN3O2. The van der Waals surface area contributed by atoms with Crippen molar-refractivity contribution in [3.63, 3.8) is 0 Å². The van der Waals surface area contributed by atoms with Crippen LogP contribution in [-0.2, 0) is 4.74 Å². The Morgan fingerprint density at radius 1 is 1.39 bits per heavy atom. The molecule has 0 radical (unpaired) electrons. The van der Waals surface area contributed by atoms with E-state index in [0.717, 1.165) is 34.2 Å². The number of ether oxygens (including phenoxy) is 1. The minimum Gasteiger partial charge on any atom is -0.453 e. The normalized spacial score (nSPS) is 27.2. The van der Waals surface area contributed by atoms with Crippen molar-refractivity contribution >= 4 is 33.1 Å². The van der Waals surface area contributed by atoms with Crippen molar-refractivity contribution in [2.24, 2.45) is 5.92 Å². The number of carbonyl (C=O) groups excluding carboxylic acids is 1. The number of aromatic amines is 1. The van der Waals surface area contributed by atoms with E-state index >= 15 is 0 Å². The van der Waals surface area contributed by atoms with Gasteiger partial charge in [0.1, 0.15) is 5.82 Å². The Hall–Kier alpha value is -1.56. The molecule has 1 saturated carbocycles. The fraction of sp³-hybridized carbons (Fsp3) is 0.529. The van der Waals surface area contributed by atoms with Crippen LogP contribution in [0.25, 0.3) is 11.0 Å². The van der Waals surface area contributed by atoms with Gasteiger partial charge in [0, 0.05) is 10.5 Å². The van der Waals surface area contributed by atoms with Gasteiger partial charge in [0.05, 0.1) is 24.2 Å². The van der Waals surface area contributed by atoms with Crippen molar-refractivity contribution < 1.29 is 9.53 Å². The molecule has 2 heterocycles. The number of aromatic nitrogens is 2. The highest BCUT2D eigenvalue weighted by Gasteiger charge is 2.46. The number of carbonyl (C=O) groups is 1. The molecule has 0 bridgehead atoms. The second kappa shape index (κ2) is 5.82. The summed E-state index contributed by atoms with van der Waals surface area (Å²) in [5.74, 6) is 1.44.